The summed E-state index contributed by atoms with van der Waals surface area (Å²) in [4.78, 5) is 10.5. The fourth-order valence-electron chi connectivity index (χ4n) is 2.27. The van der Waals surface area contributed by atoms with Gasteiger partial charge in [-0.2, -0.15) is 0 Å². The van der Waals surface area contributed by atoms with Gasteiger partial charge in [0.15, 0.2) is 0 Å². The maximum Gasteiger partial charge on any atom is 0.112 e. The first-order valence-corrected chi connectivity index (χ1v) is 5.93. The normalized spacial score (nSPS) is 18.2. The Kier molecular flexibility index (Phi) is 2.21. The molecule has 2 heterocycles. The molecule has 3 heteroatoms. The van der Waals surface area contributed by atoms with Crippen LogP contribution >= 0.6 is 0 Å². The number of aromatic nitrogens is 2. The van der Waals surface area contributed by atoms with Gasteiger partial charge >= 0.3 is 0 Å². The van der Waals surface area contributed by atoms with Crippen molar-refractivity contribution >= 4 is 11.0 Å². The molecule has 0 atom stereocenters. The van der Waals surface area contributed by atoms with Gasteiger partial charge in [-0.3, -0.25) is 4.90 Å². The molecule has 1 N–H and O–H groups in total. The number of para-hydroxylation sites is 2. The first-order valence-electron chi connectivity index (χ1n) is 5.93. The van der Waals surface area contributed by atoms with E-state index in [0.29, 0.717) is 12.0 Å². The fraction of sp³-hybridized carbons (Fsp3) is 0.462. The van der Waals surface area contributed by atoms with Gasteiger partial charge in [0.1, 0.15) is 5.82 Å². The number of nitrogens with one attached hydrogen (secondary N) is 1. The van der Waals surface area contributed by atoms with Crippen LogP contribution in [0.1, 0.15) is 25.6 Å². The van der Waals surface area contributed by atoms with E-state index in [2.05, 4.69) is 40.8 Å². The zero-order valence-corrected chi connectivity index (χ0v) is 9.77. The summed E-state index contributed by atoms with van der Waals surface area (Å²) in [5.74, 6) is 1.74. The highest BCUT2D eigenvalue weighted by Crippen LogP contribution is 2.27. The van der Waals surface area contributed by atoms with Gasteiger partial charge in [0.25, 0.3) is 0 Å². The molecule has 3 nitrogen and oxygen atoms in total. The third-order valence-corrected chi connectivity index (χ3v) is 3.43. The van der Waals surface area contributed by atoms with Crippen molar-refractivity contribution in [1.29, 1.82) is 0 Å². The lowest BCUT2D eigenvalue weighted by Crippen LogP contribution is -2.48. The van der Waals surface area contributed by atoms with Crippen LogP contribution in [0.5, 0.6) is 0 Å². The molecule has 1 aromatic carbocycles. The fourth-order valence-corrected chi connectivity index (χ4v) is 2.27. The average molecular weight is 215 g/mol. The molecule has 1 aliphatic heterocycles. The minimum atomic E-state index is 0.592. The van der Waals surface area contributed by atoms with Gasteiger partial charge in [0.2, 0.25) is 0 Å². The second-order valence-corrected chi connectivity index (χ2v) is 4.88. The molecule has 0 bridgehead atoms. The largest absolute Gasteiger partial charge is 0.342 e. The maximum absolute atomic E-state index is 4.65. The summed E-state index contributed by atoms with van der Waals surface area (Å²) < 4.78 is 0. The Labute approximate surface area is 95.5 Å². The molecular formula is C13H17N3. The average Bonchev–Trinajstić information content (AvgIpc) is 2.57. The van der Waals surface area contributed by atoms with E-state index in [-0.39, 0.29) is 0 Å². The Bertz CT molecular complexity index is 462. The first-order chi connectivity index (χ1) is 7.74. The number of rotatable bonds is 2. The summed E-state index contributed by atoms with van der Waals surface area (Å²) >= 11 is 0. The summed E-state index contributed by atoms with van der Waals surface area (Å²) in [6.45, 7) is 6.76. The highest BCUT2D eigenvalue weighted by molar-refractivity contribution is 5.74. The van der Waals surface area contributed by atoms with Gasteiger partial charge in [0, 0.05) is 25.0 Å². The van der Waals surface area contributed by atoms with Crippen molar-refractivity contribution in [3.05, 3.63) is 30.1 Å². The molecule has 0 unspecified atom stereocenters. The Morgan fingerprint density at radius 1 is 1.31 bits per heavy atom. The Balaban J connectivity index is 1.81. The van der Waals surface area contributed by atoms with Gasteiger partial charge in [-0.1, -0.05) is 12.1 Å². The number of H-pyrrole nitrogens is 1. The lowest BCUT2D eigenvalue weighted by Gasteiger charge is -2.41. The summed E-state index contributed by atoms with van der Waals surface area (Å²) in [6.07, 6.45) is 0. The van der Waals surface area contributed by atoms with Crippen LogP contribution in [-0.4, -0.2) is 34.0 Å². The Morgan fingerprint density at radius 3 is 2.75 bits per heavy atom. The quantitative estimate of drug-likeness (QED) is 0.834. The molecule has 3 rings (SSSR count). The predicted molar refractivity (Wildman–Crippen MR) is 65.5 cm³/mol. The zero-order valence-electron chi connectivity index (χ0n) is 9.77. The van der Waals surface area contributed by atoms with Crippen LogP contribution in [0.25, 0.3) is 11.0 Å². The van der Waals surface area contributed by atoms with Gasteiger partial charge < -0.3 is 4.98 Å². The SMILES string of the molecule is CC(C)N1CC(c2nc3ccccc3[nH]2)C1. The second-order valence-electron chi connectivity index (χ2n) is 4.88. The zero-order chi connectivity index (χ0) is 11.1. The third kappa shape index (κ3) is 1.52. The van der Waals surface area contributed by atoms with Crippen LogP contribution in [0, 0.1) is 0 Å². The molecule has 2 aromatic rings. The van der Waals surface area contributed by atoms with Gasteiger partial charge in [-0.25, -0.2) is 4.98 Å². The molecule has 0 saturated carbocycles. The number of likely N-dealkylation sites (tertiary alicyclic amines) is 1. The lowest BCUT2D eigenvalue weighted by atomic mass is 9.98. The number of hydrogen-bond donors (Lipinski definition) is 1. The highest BCUT2D eigenvalue weighted by Gasteiger charge is 2.31. The van der Waals surface area contributed by atoms with Gasteiger partial charge in [-0.15, -0.1) is 0 Å². The number of nitrogens with zero attached hydrogens (tertiary/aromatic N) is 2. The van der Waals surface area contributed by atoms with Crippen molar-refractivity contribution in [3.63, 3.8) is 0 Å². The first kappa shape index (κ1) is 9.85. The molecule has 1 aromatic heterocycles. The Morgan fingerprint density at radius 2 is 2.06 bits per heavy atom. The molecule has 84 valence electrons. The van der Waals surface area contributed by atoms with Crippen LogP contribution in [-0.2, 0) is 0 Å². The monoisotopic (exact) mass is 215 g/mol. The predicted octanol–water partition coefficient (Wildman–Crippen LogP) is 2.37. The molecule has 0 amide bonds. The number of fused-ring (bicyclic) bond motifs is 1. The van der Waals surface area contributed by atoms with Crippen LogP contribution in [0.4, 0.5) is 0 Å². The Hall–Kier alpha value is -1.35. The standard InChI is InChI=1S/C13H17N3/c1-9(2)16-7-10(8-16)13-14-11-5-3-4-6-12(11)15-13/h3-6,9-10H,7-8H2,1-2H3,(H,14,15). The smallest absolute Gasteiger partial charge is 0.112 e. The van der Waals surface area contributed by atoms with Crippen molar-refractivity contribution in [2.45, 2.75) is 25.8 Å². The molecule has 1 aliphatic rings. The van der Waals surface area contributed by atoms with E-state index in [1.807, 2.05) is 12.1 Å². The summed E-state index contributed by atoms with van der Waals surface area (Å²) in [5.41, 5.74) is 2.24. The van der Waals surface area contributed by atoms with Crippen molar-refractivity contribution in [3.8, 4) is 0 Å². The molecule has 0 aliphatic carbocycles. The second kappa shape index (κ2) is 3.59. The van der Waals surface area contributed by atoms with Gasteiger partial charge in [-0.05, 0) is 26.0 Å². The van der Waals surface area contributed by atoms with Crippen molar-refractivity contribution < 1.29 is 0 Å². The van der Waals surface area contributed by atoms with Crippen LogP contribution < -0.4 is 0 Å². The van der Waals surface area contributed by atoms with Crippen molar-refractivity contribution in [2.24, 2.45) is 0 Å². The third-order valence-electron chi connectivity index (χ3n) is 3.43. The van der Waals surface area contributed by atoms with Crippen LogP contribution in [0.15, 0.2) is 24.3 Å². The van der Waals surface area contributed by atoms with E-state index in [4.69, 9.17) is 0 Å². The number of hydrogen-bond acceptors (Lipinski definition) is 2. The molecule has 0 radical (unpaired) electrons. The maximum atomic E-state index is 4.65. The number of aromatic amines is 1. The molecular weight excluding hydrogens is 198 g/mol. The lowest BCUT2D eigenvalue weighted by molar-refractivity contribution is 0.106. The molecule has 16 heavy (non-hydrogen) atoms. The van der Waals surface area contributed by atoms with E-state index >= 15 is 0 Å². The van der Waals surface area contributed by atoms with Crippen molar-refractivity contribution in [1.82, 2.24) is 14.9 Å². The molecule has 1 saturated heterocycles. The van der Waals surface area contributed by atoms with Crippen LogP contribution in [0.3, 0.4) is 0 Å². The summed E-state index contributed by atoms with van der Waals surface area (Å²) in [5, 5.41) is 0. The van der Waals surface area contributed by atoms with Crippen molar-refractivity contribution in [2.75, 3.05) is 13.1 Å². The van der Waals surface area contributed by atoms with E-state index in [0.717, 1.165) is 29.9 Å². The number of benzene rings is 1. The number of imidazole rings is 1. The summed E-state index contributed by atoms with van der Waals surface area (Å²) in [6, 6.07) is 8.89. The van der Waals surface area contributed by atoms with E-state index in [1.165, 1.54) is 0 Å². The molecule has 1 fully saturated rings. The van der Waals surface area contributed by atoms with Crippen LogP contribution in [0.2, 0.25) is 0 Å². The summed E-state index contributed by atoms with van der Waals surface area (Å²) in [7, 11) is 0. The topological polar surface area (TPSA) is 31.9 Å². The minimum absolute atomic E-state index is 0.592. The van der Waals surface area contributed by atoms with E-state index in [1.54, 1.807) is 0 Å². The van der Waals surface area contributed by atoms with Gasteiger partial charge in [0.05, 0.1) is 11.0 Å². The van der Waals surface area contributed by atoms with E-state index in [9.17, 15) is 0 Å². The molecule has 0 spiro atoms. The highest BCUT2D eigenvalue weighted by atomic mass is 15.2. The minimum Gasteiger partial charge on any atom is -0.342 e. The van der Waals surface area contributed by atoms with E-state index < -0.39 is 0 Å².